The molecule has 1 aliphatic heterocycles. The second kappa shape index (κ2) is 5.82. The zero-order chi connectivity index (χ0) is 16.7. The average Bonchev–Trinajstić information content (AvgIpc) is 3.18. The number of nitriles is 1. The monoisotopic (exact) mass is 326 g/mol. The van der Waals surface area contributed by atoms with Gasteiger partial charge in [-0.1, -0.05) is 19.1 Å². The van der Waals surface area contributed by atoms with Crippen LogP contribution < -0.4 is 9.80 Å². The van der Waals surface area contributed by atoms with Crippen LogP contribution in [0.2, 0.25) is 0 Å². The molecule has 1 aromatic heterocycles. The van der Waals surface area contributed by atoms with Crippen LogP contribution in [0.4, 0.5) is 16.0 Å². The van der Waals surface area contributed by atoms with E-state index < -0.39 is 0 Å². The van der Waals surface area contributed by atoms with Crippen molar-refractivity contribution in [3.05, 3.63) is 41.7 Å². The molecule has 2 heterocycles. The van der Waals surface area contributed by atoms with Crippen molar-refractivity contribution in [1.29, 1.82) is 5.26 Å². The largest absolute Gasteiger partial charge is 0.423 e. The third-order valence-electron chi connectivity index (χ3n) is 4.92. The second-order valence-corrected chi connectivity index (χ2v) is 6.56. The first-order valence-corrected chi connectivity index (χ1v) is 8.32. The van der Waals surface area contributed by atoms with Crippen LogP contribution >= 0.6 is 0 Å². The first kappa shape index (κ1) is 15.0. The molecule has 0 bridgehead atoms. The number of para-hydroxylation sites is 1. The number of aromatic nitrogens is 1. The molecule has 4 rings (SSSR count). The van der Waals surface area contributed by atoms with E-state index in [1.165, 1.54) is 6.07 Å². The summed E-state index contributed by atoms with van der Waals surface area (Å²) in [6.45, 7) is 4.88. The molecule has 2 aromatic rings. The van der Waals surface area contributed by atoms with Crippen molar-refractivity contribution in [3.8, 4) is 6.07 Å². The standard InChI is InChI=1S/C18H19FN4O/c1-12-10-13(12)17-21-15(11-20)18(24-17)23-8-6-22(7-9-23)16-5-3-2-4-14(16)19/h2-5,12-13H,6-10H2,1H3. The minimum Gasteiger partial charge on any atom is -0.423 e. The number of piperazine rings is 1. The number of halogens is 1. The number of benzene rings is 1. The van der Waals surface area contributed by atoms with Gasteiger partial charge in [0.25, 0.3) is 0 Å². The Kier molecular flexibility index (Phi) is 3.64. The highest BCUT2D eigenvalue weighted by Gasteiger charge is 2.39. The quantitative estimate of drug-likeness (QED) is 0.867. The Bertz CT molecular complexity index is 789. The van der Waals surface area contributed by atoms with Gasteiger partial charge in [-0.05, 0) is 24.5 Å². The lowest BCUT2D eigenvalue weighted by molar-refractivity contribution is 0.472. The summed E-state index contributed by atoms with van der Waals surface area (Å²) < 4.78 is 19.8. The lowest BCUT2D eigenvalue weighted by Crippen LogP contribution is -2.47. The Morgan fingerprint density at radius 1 is 1.21 bits per heavy atom. The second-order valence-electron chi connectivity index (χ2n) is 6.56. The van der Waals surface area contributed by atoms with E-state index in [-0.39, 0.29) is 5.82 Å². The molecule has 2 fully saturated rings. The molecule has 0 spiro atoms. The molecule has 2 aliphatic rings. The molecule has 1 saturated heterocycles. The van der Waals surface area contributed by atoms with Crippen LogP contribution in [0.15, 0.2) is 28.7 Å². The molecular formula is C18H19FN4O. The van der Waals surface area contributed by atoms with Gasteiger partial charge in [-0.2, -0.15) is 5.26 Å². The number of rotatable bonds is 3. The van der Waals surface area contributed by atoms with Crippen molar-refractivity contribution in [2.24, 2.45) is 5.92 Å². The topological polar surface area (TPSA) is 56.3 Å². The minimum absolute atomic E-state index is 0.201. The molecule has 1 aromatic carbocycles. The van der Waals surface area contributed by atoms with E-state index in [9.17, 15) is 9.65 Å². The van der Waals surface area contributed by atoms with Crippen LogP contribution in [0.5, 0.6) is 0 Å². The van der Waals surface area contributed by atoms with Gasteiger partial charge in [0.05, 0.1) is 5.69 Å². The Balaban J connectivity index is 1.49. The number of nitrogens with zero attached hydrogens (tertiary/aromatic N) is 4. The van der Waals surface area contributed by atoms with Crippen LogP contribution in [0, 0.1) is 23.1 Å². The first-order valence-electron chi connectivity index (χ1n) is 8.32. The Morgan fingerprint density at radius 3 is 2.50 bits per heavy atom. The van der Waals surface area contributed by atoms with Crippen LogP contribution in [0.1, 0.15) is 30.8 Å². The van der Waals surface area contributed by atoms with Crippen molar-refractivity contribution in [1.82, 2.24) is 4.98 Å². The smallest absolute Gasteiger partial charge is 0.234 e. The van der Waals surface area contributed by atoms with Gasteiger partial charge in [-0.3, -0.25) is 0 Å². The maximum Gasteiger partial charge on any atom is 0.234 e. The summed E-state index contributed by atoms with van der Waals surface area (Å²) >= 11 is 0. The predicted molar refractivity (Wildman–Crippen MR) is 88.6 cm³/mol. The third kappa shape index (κ3) is 2.60. The highest BCUT2D eigenvalue weighted by Crippen LogP contribution is 2.47. The molecule has 1 saturated carbocycles. The van der Waals surface area contributed by atoms with Gasteiger partial charge < -0.3 is 14.2 Å². The van der Waals surface area contributed by atoms with E-state index in [0.717, 1.165) is 6.42 Å². The van der Waals surface area contributed by atoms with Gasteiger partial charge >= 0.3 is 0 Å². The molecule has 0 N–H and O–H groups in total. The van der Waals surface area contributed by atoms with Gasteiger partial charge in [-0.15, -0.1) is 0 Å². The molecule has 24 heavy (non-hydrogen) atoms. The molecule has 124 valence electrons. The van der Waals surface area contributed by atoms with Crippen LogP contribution in [0.25, 0.3) is 0 Å². The SMILES string of the molecule is CC1CC1c1nc(C#N)c(N2CCN(c3ccccc3F)CC2)o1. The van der Waals surface area contributed by atoms with Crippen molar-refractivity contribution < 1.29 is 8.81 Å². The Labute approximate surface area is 140 Å². The van der Waals surface area contributed by atoms with Crippen molar-refractivity contribution in [2.45, 2.75) is 19.3 Å². The zero-order valence-electron chi connectivity index (χ0n) is 13.6. The van der Waals surface area contributed by atoms with E-state index in [4.69, 9.17) is 4.42 Å². The van der Waals surface area contributed by atoms with E-state index >= 15 is 0 Å². The summed E-state index contributed by atoms with van der Waals surface area (Å²) in [6, 6.07) is 8.97. The first-order chi connectivity index (χ1) is 11.7. The fraction of sp³-hybridized carbons (Fsp3) is 0.444. The number of oxazole rings is 1. The molecule has 2 unspecified atom stereocenters. The van der Waals surface area contributed by atoms with E-state index in [1.54, 1.807) is 12.1 Å². The lowest BCUT2D eigenvalue weighted by Gasteiger charge is -2.36. The number of anilines is 2. The summed E-state index contributed by atoms with van der Waals surface area (Å²) in [5, 5.41) is 9.34. The molecule has 0 amide bonds. The fourth-order valence-corrected chi connectivity index (χ4v) is 3.30. The van der Waals surface area contributed by atoms with Gasteiger partial charge in [-0.25, -0.2) is 9.37 Å². The maximum atomic E-state index is 13.9. The van der Waals surface area contributed by atoms with E-state index in [1.807, 2.05) is 15.9 Å². The van der Waals surface area contributed by atoms with Gasteiger partial charge in [0.1, 0.15) is 11.9 Å². The van der Waals surface area contributed by atoms with Gasteiger partial charge in [0.2, 0.25) is 17.5 Å². The third-order valence-corrected chi connectivity index (χ3v) is 4.92. The summed E-state index contributed by atoms with van der Waals surface area (Å²) in [5.74, 6) is 1.99. The van der Waals surface area contributed by atoms with E-state index in [2.05, 4.69) is 18.0 Å². The predicted octanol–water partition coefficient (Wildman–Crippen LogP) is 3.14. The van der Waals surface area contributed by atoms with Crippen molar-refractivity contribution in [2.75, 3.05) is 36.0 Å². The van der Waals surface area contributed by atoms with Crippen LogP contribution in [0.3, 0.4) is 0 Å². The highest BCUT2D eigenvalue weighted by atomic mass is 19.1. The van der Waals surface area contributed by atoms with Crippen LogP contribution in [-0.2, 0) is 0 Å². The molecule has 5 nitrogen and oxygen atoms in total. The molecular weight excluding hydrogens is 307 g/mol. The minimum atomic E-state index is -0.201. The summed E-state index contributed by atoms with van der Waals surface area (Å²) in [6.07, 6.45) is 1.08. The number of hydrogen-bond donors (Lipinski definition) is 0. The Morgan fingerprint density at radius 2 is 1.88 bits per heavy atom. The molecule has 0 radical (unpaired) electrons. The summed E-state index contributed by atoms with van der Waals surface area (Å²) in [4.78, 5) is 8.43. The van der Waals surface area contributed by atoms with Gasteiger partial charge in [0.15, 0.2) is 0 Å². The summed E-state index contributed by atoms with van der Waals surface area (Å²) in [5.41, 5.74) is 0.992. The van der Waals surface area contributed by atoms with Crippen LogP contribution in [-0.4, -0.2) is 31.2 Å². The summed E-state index contributed by atoms with van der Waals surface area (Å²) in [7, 11) is 0. The van der Waals surface area contributed by atoms with Crippen molar-refractivity contribution in [3.63, 3.8) is 0 Å². The Hall–Kier alpha value is -2.55. The number of hydrogen-bond acceptors (Lipinski definition) is 5. The fourth-order valence-electron chi connectivity index (χ4n) is 3.30. The van der Waals surface area contributed by atoms with Crippen molar-refractivity contribution >= 4 is 11.6 Å². The average molecular weight is 326 g/mol. The molecule has 6 heteroatoms. The maximum absolute atomic E-state index is 13.9. The molecule has 1 aliphatic carbocycles. The van der Waals surface area contributed by atoms with E-state index in [0.29, 0.717) is 61.2 Å². The highest BCUT2D eigenvalue weighted by molar-refractivity contribution is 5.53. The molecule has 2 atom stereocenters. The zero-order valence-corrected chi connectivity index (χ0v) is 13.6. The lowest BCUT2D eigenvalue weighted by atomic mass is 10.2. The normalized spacial score (nSPS) is 23.2. The van der Waals surface area contributed by atoms with Gasteiger partial charge in [0, 0.05) is 32.1 Å².